The van der Waals surface area contributed by atoms with Gasteiger partial charge in [-0.05, 0) is 19.3 Å². The largest absolute Gasteiger partial charge is 0.394 e. The summed E-state index contributed by atoms with van der Waals surface area (Å²) in [5.41, 5.74) is 0. The molecule has 0 aromatic rings. The lowest BCUT2D eigenvalue weighted by atomic mass is 10.0. The Balaban J connectivity index is 3.46. The van der Waals surface area contributed by atoms with Crippen molar-refractivity contribution >= 4 is 5.91 Å². The molecule has 0 saturated carbocycles. The fraction of sp³-hybridized carbons (Fsp3) is 0.949. The van der Waals surface area contributed by atoms with Crippen molar-refractivity contribution in [1.82, 2.24) is 5.32 Å². The number of hydrogen-bond acceptors (Lipinski definition) is 4. The second-order valence-electron chi connectivity index (χ2n) is 20.6. The van der Waals surface area contributed by atoms with Crippen molar-refractivity contribution in [2.45, 2.75) is 353 Å². The summed E-state index contributed by atoms with van der Waals surface area (Å²) in [6, 6.07) is -0.740. The van der Waals surface area contributed by atoms with Gasteiger partial charge >= 0.3 is 0 Å². The van der Waals surface area contributed by atoms with E-state index in [0.717, 1.165) is 25.7 Å². The van der Waals surface area contributed by atoms with Crippen LogP contribution in [-0.2, 0) is 4.79 Å². The highest BCUT2D eigenvalue weighted by molar-refractivity contribution is 5.76. The first-order valence-electron chi connectivity index (χ1n) is 29.5. The van der Waals surface area contributed by atoms with Crippen LogP contribution in [0.2, 0.25) is 0 Å². The van der Waals surface area contributed by atoms with Gasteiger partial charge in [-0.25, -0.2) is 0 Å². The molecule has 5 heteroatoms. The van der Waals surface area contributed by atoms with Crippen molar-refractivity contribution in [2.75, 3.05) is 6.61 Å². The molecule has 4 N–H and O–H groups in total. The Bertz CT molecular complexity index is 909. The first-order valence-corrected chi connectivity index (χ1v) is 29.5. The van der Waals surface area contributed by atoms with Crippen molar-refractivity contribution in [2.24, 2.45) is 0 Å². The van der Waals surface area contributed by atoms with Crippen molar-refractivity contribution in [3.8, 4) is 0 Å². The number of unbranched alkanes of at least 4 members (excludes halogenated alkanes) is 46. The first-order chi connectivity index (χ1) is 31.5. The second-order valence-corrected chi connectivity index (χ2v) is 20.6. The standard InChI is InChI=1S/C59H117NO4/c1-3-5-7-9-11-13-15-17-19-21-22-23-24-25-26-27-28-29-30-31-32-33-34-35-36-37-38-40-42-44-46-48-50-52-56(62)54-59(64)60-57(55-61)58(63)53-51-49-47-45-43-41-39-20-18-16-14-12-10-8-6-4-2/h51,53,56-58,61-63H,3-50,52,54-55H2,1-2H3,(H,60,64)/b53-51+. The van der Waals surface area contributed by atoms with Gasteiger partial charge in [0.15, 0.2) is 0 Å². The Labute approximate surface area is 401 Å². The Hall–Kier alpha value is -0.910. The van der Waals surface area contributed by atoms with Crippen LogP contribution in [-0.4, -0.2) is 46.1 Å². The summed E-state index contributed by atoms with van der Waals surface area (Å²) in [4.78, 5) is 12.5. The van der Waals surface area contributed by atoms with Gasteiger partial charge in [-0.3, -0.25) is 4.79 Å². The molecular weight excluding hydrogens is 787 g/mol. The zero-order chi connectivity index (χ0) is 46.5. The summed E-state index contributed by atoms with van der Waals surface area (Å²) in [6.45, 7) is 4.25. The van der Waals surface area contributed by atoms with Crippen LogP contribution in [0.15, 0.2) is 12.2 Å². The number of aliphatic hydroxyl groups is 3. The van der Waals surface area contributed by atoms with E-state index in [4.69, 9.17) is 0 Å². The van der Waals surface area contributed by atoms with E-state index in [2.05, 4.69) is 19.2 Å². The number of carbonyl (C=O) groups excluding carboxylic acids is 1. The molecule has 0 aromatic heterocycles. The van der Waals surface area contributed by atoms with Gasteiger partial charge in [0.1, 0.15) is 0 Å². The Kier molecular flexibility index (Phi) is 53.9. The summed E-state index contributed by atoms with van der Waals surface area (Å²) in [7, 11) is 0. The summed E-state index contributed by atoms with van der Waals surface area (Å²) in [5.74, 6) is -0.308. The van der Waals surface area contributed by atoms with E-state index in [1.165, 1.54) is 283 Å². The van der Waals surface area contributed by atoms with E-state index in [1.54, 1.807) is 6.08 Å². The van der Waals surface area contributed by atoms with Gasteiger partial charge in [0.25, 0.3) is 0 Å². The molecule has 0 bridgehead atoms. The third-order valence-electron chi connectivity index (χ3n) is 14.1. The van der Waals surface area contributed by atoms with Gasteiger partial charge in [-0.1, -0.05) is 321 Å². The van der Waals surface area contributed by atoms with E-state index in [-0.39, 0.29) is 18.9 Å². The summed E-state index contributed by atoms with van der Waals surface area (Å²) in [5, 5.41) is 33.4. The molecule has 0 aromatic carbocycles. The molecule has 0 aliphatic heterocycles. The maximum atomic E-state index is 12.5. The minimum Gasteiger partial charge on any atom is -0.394 e. The molecule has 0 aliphatic rings. The van der Waals surface area contributed by atoms with Crippen molar-refractivity contribution in [1.29, 1.82) is 0 Å². The number of amides is 1. The number of carbonyl (C=O) groups is 1. The Morgan fingerprint density at radius 2 is 0.641 bits per heavy atom. The molecule has 0 aliphatic carbocycles. The first kappa shape index (κ1) is 63.1. The fourth-order valence-corrected chi connectivity index (χ4v) is 9.58. The molecule has 0 spiro atoms. The molecule has 3 unspecified atom stereocenters. The highest BCUT2D eigenvalue weighted by atomic mass is 16.3. The smallest absolute Gasteiger partial charge is 0.222 e. The van der Waals surface area contributed by atoms with Crippen LogP contribution < -0.4 is 5.32 Å². The number of aliphatic hydroxyl groups excluding tert-OH is 3. The van der Waals surface area contributed by atoms with Gasteiger partial charge in [-0.2, -0.15) is 0 Å². The van der Waals surface area contributed by atoms with E-state index in [1.807, 2.05) is 6.08 Å². The van der Waals surface area contributed by atoms with Gasteiger partial charge in [0.2, 0.25) is 5.91 Å². The lowest BCUT2D eigenvalue weighted by Crippen LogP contribution is -2.45. The lowest BCUT2D eigenvalue weighted by molar-refractivity contribution is -0.124. The molecule has 3 atom stereocenters. The molecule has 0 fully saturated rings. The van der Waals surface area contributed by atoms with Crippen LogP contribution in [0.5, 0.6) is 0 Å². The fourth-order valence-electron chi connectivity index (χ4n) is 9.58. The van der Waals surface area contributed by atoms with Crippen LogP contribution >= 0.6 is 0 Å². The topological polar surface area (TPSA) is 89.8 Å². The monoisotopic (exact) mass is 904 g/mol. The molecule has 0 saturated heterocycles. The Morgan fingerprint density at radius 1 is 0.391 bits per heavy atom. The average molecular weight is 905 g/mol. The second kappa shape index (κ2) is 54.7. The minimum absolute atomic E-state index is 0.0195. The molecule has 64 heavy (non-hydrogen) atoms. The van der Waals surface area contributed by atoms with Gasteiger partial charge < -0.3 is 20.6 Å². The maximum Gasteiger partial charge on any atom is 0.222 e. The zero-order valence-corrected chi connectivity index (χ0v) is 43.7. The third-order valence-corrected chi connectivity index (χ3v) is 14.1. The lowest BCUT2D eigenvalue weighted by Gasteiger charge is -2.21. The van der Waals surface area contributed by atoms with Crippen molar-refractivity contribution in [3.05, 3.63) is 12.2 Å². The van der Waals surface area contributed by atoms with Gasteiger partial charge in [0.05, 0.1) is 31.3 Å². The molecule has 382 valence electrons. The van der Waals surface area contributed by atoms with Gasteiger partial charge in [-0.15, -0.1) is 0 Å². The number of rotatable bonds is 55. The summed E-state index contributed by atoms with van der Waals surface area (Å²) >= 11 is 0. The number of hydrogen-bond donors (Lipinski definition) is 4. The van der Waals surface area contributed by atoms with Crippen LogP contribution in [0.25, 0.3) is 0 Å². The predicted octanol–water partition coefficient (Wildman–Crippen LogP) is 18.3. The highest BCUT2D eigenvalue weighted by Crippen LogP contribution is 2.18. The third kappa shape index (κ3) is 50.5. The van der Waals surface area contributed by atoms with Crippen LogP contribution in [0.3, 0.4) is 0 Å². The van der Waals surface area contributed by atoms with Crippen LogP contribution in [0, 0.1) is 0 Å². The van der Waals surface area contributed by atoms with E-state index >= 15 is 0 Å². The predicted molar refractivity (Wildman–Crippen MR) is 282 cm³/mol. The van der Waals surface area contributed by atoms with Crippen molar-refractivity contribution in [3.63, 3.8) is 0 Å². The molecule has 0 rings (SSSR count). The SMILES string of the molecule is CCCCCCCCCCCCCCCC/C=C/C(O)C(CO)NC(=O)CC(O)CCCCCCCCCCCCCCCCCCCCCCCCCCCCCCCCCCC. The minimum atomic E-state index is -0.925. The molecule has 1 amide bonds. The normalized spacial score (nSPS) is 13.3. The van der Waals surface area contributed by atoms with Crippen LogP contribution in [0.4, 0.5) is 0 Å². The molecule has 0 radical (unpaired) electrons. The number of allylic oxidation sites excluding steroid dienone is 1. The average Bonchev–Trinajstić information content (AvgIpc) is 3.29. The van der Waals surface area contributed by atoms with Gasteiger partial charge in [0, 0.05) is 0 Å². The highest BCUT2D eigenvalue weighted by Gasteiger charge is 2.20. The maximum absolute atomic E-state index is 12.5. The zero-order valence-electron chi connectivity index (χ0n) is 43.7. The van der Waals surface area contributed by atoms with E-state index in [0.29, 0.717) is 6.42 Å². The van der Waals surface area contributed by atoms with E-state index < -0.39 is 18.2 Å². The Morgan fingerprint density at radius 3 is 0.906 bits per heavy atom. The van der Waals surface area contributed by atoms with Crippen LogP contribution in [0.1, 0.15) is 335 Å². The number of nitrogens with one attached hydrogen (secondary N) is 1. The summed E-state index contributed by atoms with van der Waals surface area (Å²) < 4.78 is 0. The summed E-state index contributed by atoms with van der Waals surface area (Å²) in [6.07, 6.45) is 68.5. The molecule has 0 heterocycles. The molecule has 5 nitrogen and oxygen atoms in total. The van der Waals surface area contributed by atoms with E-state index in [9.17, 15) is 20.1 Å². The quantitative estimate of drug-likeness (QED) is 0.0362. The van der Waals surface area contributed by atoms with Crippen molar-refractivity contribution < 1.29 is 20.1 Å². The molecular formula is C59H117NO4.